The predicted molar refractivity (Wildman–Crippen MR) is 62.6 cm³/mol. The summed E-state index contributed by atoms with van der Waals surface area (Å²) in [6, 6.07) is 1.54. The van der Waals surface area contributed by atoms with Crippen molar-refractivity contribution in [1.29, 1.82) is 0 Å². The summed E-state index contributed by atoms with van der Waals surface area (Å²) in [7, 11) is 0. The Morgan fingerprint density at radius 1 is 1.00 bits per heavy atom. The van der Waals surface area contributed by atoms with Crippen molar-refractivity contribution in [1.82, 2.24) is 0 Å². The normalized spacial score (nSPS) is 23.1. The predicted octanol–water partition coefficient (Wildman–Crippen LogP) is 4.81. The van der Waals surface area contributed by atoms with Crippen molar-refractivity contribution >= 4 is 5.78 Å². The fraction of sp³-hybridized carbons (Fsp3) is 0.500. The van der Waals surface area contributed by atoms with Crippen LogP contribution in [0.1, 0.15) is 42.4 Å². The lowest BCUT2D eigenvalue weighted by Crippen LogP contribution is -2.35. The monoisotopic (exact) mass is 310 g/mol. The highest BCUT2D eigenvalue weighted by atomic mass is 19.4. The average Bonchev–Trinajstić information content (AvgIpc) is 2.33. The van der Waals surface area contributed by atoms with Gasteiger partial charge in [0, 0.05) is 18.3 Å². The number of Topliss-reactive ketones (excluding diaryl/α,β-unsaturated/α-hetero) is 1. The van der Waals surface area contributed by atoms with Crippen LogP contribution in [0.15, 0.2) is 18.2 Å². The van der Waals surface area contributed by atoms with Gasteiger partial charge >= 0.3 is 12.4 Å². The van der Waals surface area contributed by atoms with Crippen molar-refractivity contribution < 1.29 is 31.1 Å². The van der Waals surface area contributed by atoms with E-state index >= 15 is 0 Å². The molecule has 0 bridgehead atoms. The summed E-state index contributed by atoms with van der Waals surface area (Å²) >= 11 is 0. The van der Waals surface area contributed by atoms with E-state index in [9.17, 15) is 31.1 Å². The molecule has 0 saturated heterocycles. The van der Waals surface area contributed by atoms with Crippen molar-refractivity contribution in [2.75, 3.05) is 0 Å². The minimum Gasteiger partial charge on any atom is -0.299 e. The lowest BCUT2D eigenvalue weighted by atomic mass is 9.67. The largest absolute Gasteiger partial charge is 0.416 e. The first kappa shape index (κ1) is 15.9. The molecule has 1 aromatic carbocycles. The van der Waals surface area contributed by atoms with Crippen LogP contribution in [-0.2, 0) is 17.1 Å². The van der Waals surface area contributed by atoms with Crippen LogP contribution in [-0.4, -0.2) is 5.78 Å². The van der Waals surface area contributed by atoms with E-state index in [1.807, 2.05) is 0 Å². The molecule has 0 heterocycles. The zero-order valence-electron chi connectivity index (χ0n) is 11.0. The molecular formula is C14H12F6O. The van der Waals surface area contributed by atoms with E-state index in [0.717, 1.165) is 12.1 Å². The first-order chi connectivity index (χ1) is 9.54. The Kier molecular flexibility index (Phi) is 3.80. The molecule has 1 aliphatic carbocycles. The third-order valence-electron chi connectivity index (χ3n) is 3.80. The average molecular weight is 310 g/mol. The maximum atomic E-state index is 12.7. The number of halogens is 6. The highest BCUT2D eigenvalue weighted by Gasteiger charge is 2.42. The molecule has 0 spiro atoms. The first-order valence-corrected chi connectivity index (χ1v) is 6.36. The van der Waals surface area contributed by atoms with E-state index in [4.69, 9.17) is 0 Å². The molecule has 7 heteroatoms. The van der Waals surface area contributed by atoms with Crippen molar-refractivity contribution in [2.24, 2.45) is 5.92 Å². The maximum absolute atomic E-state index is 12.7. The fourth-order valence-electron chi connectivity index (χ4n) is 2.63. The van der Waals surface area contributed by atoms with Crippen LogP contribution in [0.3, 0.4) is 0 Å². The highest BCUT2D eigenvalue weighted by molar-refractivity contribution is 5.89. The van der Waals surface area contributed by atoms with Gasteiger partial charge in [-0.05, 0) is 30.2 Å². The van der Waals surface area contributed by atoms with Crippen LogP contribution < -0.4 is 0 Å². The van der Waals surface area contributed by atoms with Crippen molar-refractivity contribution in [3.63, 3.8) is 0 Å². The second-order valence-corrected chi connectivity index (χ2v) is 5.13. The molecule has 1 aromatic rings. The van der Waals surface area contributed by atoms with Gasteiger partial charge in [0.1, 0.15) is 5.78 Å². The molecular weight excluding hydrogens is 298 g/mol. The number of hydrogen-bond donors (Lipinski definition) is 0. The van der Waals surface area contributed by atoms with Gasteiger partial charge in [-0.3, -0.25) is 4.79 Å². The van der Waals surface area contributed by atoms with Crippen LogP contribution in [0.25, 0.3) is 0 Å². The minimum atomic E-state index is -4.86. The topological polar surface area (TPSA) is 17.1 Å². The fourth-order valence-corrected chi connectivity index (χ4v) is 2.63. The van der Waals surface area contributed by atoms with E-state index in [-0.39, 0.29) is 23.8 Å². The molecule has 116 valence electrons. The lowest BCUT2D eigenvalue weighted by molar-refractivity contribution is -0.143. The van der Waals surface area contributed by atoms with Gasteiger partial charge in [-0.2, -0.15) is 26.3 Å². The Morgan fingerprint density at radius 3 is 1.81 bits per heavy atom. The number of hydrogen-bond acceptors (Lipinski definition) is 1. The summed E-state index contributed by atoms with van der Waals surface area (Å²) in [5.74, 6) is -1.17. The summed E-state index contributed by atoms with van der Waals surface area (Å²) in [5, 5.41) is 0. The first-order valence-electron chi connectivity index (χ1n) is 6.36. The summed E-state index contributed by atoms with van der Waals surface area (Å²) in [6.45, 7) is 1.69. The molecule has 1 fully saturated rings. The van der Waals surface area contributed by atoms with Gasteiger partial charge in [-0.1, -0.05) is 6.92 Å². The van der Waals surface area contributed by atoms with Crippen molar-refractivity contribution in [3.05, 3.63) is 34.9 Å². The molecule has 1 aliphatic rings. The molecule has 1 saturated carbocycles. The second kappa shape index (κ2) is 5.03. The van der Waals surface area contributed by atoms with Crippen molar-refractivity contribution in [2.45, 2.75) is 38.0 Å². The third-order valence-corrected chi connectivity index (χ3v) is 3.80. The molecule has 2 rings (SSSR count). The Hall–Kier alpha value is -1.53. The molecule has 0 aromatic heterocycles. The molecule has 2 atom stereocenters. The molecule has 21 heavy (non-hydrogen) atoms. The van der Waals surface area contributed by atoms with Crippen molar-refractivity contribution in [3.8, 4) is 0 Å². The lowest BCUT2D eigenvalue weighted by Gasteiger charge is -2.35. The number of carbonyl (C=O) groups is 1. The number of benzene rings is 1. The Labute approximate surface area is 116 Å². The summed E-state index contributed by atoms with van der Waals surface area (Å²) in [4.78, 5) is 11.4. The molecule has 0 aliphatic heterocycles. The molecule has 2 unspecified atom stereocenters. The van der Waals surface area contributed by atoms with E-state index in [1.165, 1.54) is 0 Å². The second-order valence-electron chi connectivity index (χ2n) is 5.13. The summed E-state index contributed by atoms with van der Waals surface area (Å²) < 4.78 is 76.5. The number of rotatable bonds is 2. The molecule has 1 nitrogen and oxygen atoms in total. The Balaban J connectivity index is 2.49. The van der Waals surface area contributed by atoms with Gasteiger partial charge in [0.05, 0.1) is 11.1 Å². The number of ketones is 1. The van der Waals surface area contributed by atoms with Crippen LogP contribution >= 0.6 is 0 Å². The number of alkyl halides is 6. The van der Waals surface area contributed by atoms with Crippen LogP contribution in [0.5, 0.6) is 0 Å². The smallest absolute Gasteiger partial charge is 0.299 e. The van der Waals surface area contributed by atoms with Gasteiger partial charge in [-0.25, -0.2) is 0 Å². The van der Waals surface area contributed by atoms with E-state index < -0.39 is 35.3 Å². The zero-order valence-corrected chi connectivity index (χ0v) is 11.0. The van der Waals surface area contributed by atoms with Gasteiger partial charge < -0.3 is 0 Å². The van der Waals surface area contributed by atoms with Gasteiger partial charge in [0.2, 0.25) is 0 Å². The SMILES string of the molecule is CCC1C(=O)CC1c1cc(C(F)(F)F)cc(C(F)(F)F)c1. The molecule has 0 radical (unpaired) electrons. The van der Waals surface area contributed by atoms with E-state index in [1.54, 1.807) is 6.92 Å². The van der Waals surface area contributed by atoms with Crippen LogP contribution in [0, 0.1) is 5.92 Å². The zero-order chi connectivity index (χ0) is 16.0. The standard InChI is InChI=1S/C14H12F6O/c1-2-10-11(6-12(10)21)7-3-8(13(15,16)17)5-9(4-7)14(18,19)20/h3-5,10-11H,2,6H2,1H3. The van der Waals surface area contributed by atoms with Crippen LogP contribution in [0.2, 0.25) is 0 Å². The van der Waals surface area contributed by atoms with E-state index in [2.05, 4.69) is 0 Å². The quantitative estimate of drug-likeness (QED) is 0.717. The van der Waals surface area contributed by atoms with Gasteiger partial charge in [-0.15, -0.1) is 0 Å². The third kappa shape index (κ3) is 3.06. The highest BCUT2D eigenvalue weighted by Crippen LogP contribution is 2.45. The molecule has 0 N–H and O–H groups in total. The number of carbonyl (C=O) groups excluding carboxylic acids is 1. The Bertz CT molecular complexity index is 525. The van der Waals surface area contributed by atoms with Crippen LogP contribution in [0.4, 0.5) is 26.3 Å². The summed E-state index contributed by atoms with van der Waals surface area (Å²) in [6.07, 6.45) is -9.31. The van der Waals surface area contributed by atoms with Gasteiger partial charge in [0.25, 0.3) is 0 Å². The minimum absolute atomic E-state index is 0.00286. The Morgan fingerprint density at radius 2 is 1.48 bits per heavy atom. The molecule has 0 amide bonds. The van der Waals surface area contributed by atoms with Gasteiger partial charge in [0.15, 0.2) is 0 Å². The van der Waals surface area contributed by atoms with E-state index in [0.29, 0.717) is 6.42 Å². The summed E-state index contributed by atoms with van der Waals surface area (Å²) in [5.41, 5.74) is -2.73. The maximum Gasteiger partial charge on any atom is 0.416 e.